The van der Waals surface area contributed by atoms with Crippen LogP contribution in [0.5, 0.6) is 0 Å². The molecular weight excluding hydrogens is 232 g/mol. The molecule has 2 atom stereocenters. The fraction of sp³-hybridized carbons (Fsp3) is 0.647. The van der Waals surface area contributed by atoms with Crippen LogP contribution in [0.15, 0.2) is 18.2 Å². The van der Waals surface area contributed by atoms with E-state index in [1.807, 2.05) is 0 Å². The molecule has 0 aromatic heterocycles. The number of nitrogens with zero attached hydrogens (tertiary/aromatic N) is 1. The van der Waals surface area contributed by atoms with Gasteiger partial charge < -0.3 is 5.32 Å². The summed E-state index contributed by atoms with van der Waals surface area (Å²) in [6.45, 7) is 6.75. The molecule has 0 aliphatic carbocycles. The normalized spacial score (nSPS) is 25.3. The number of hydrogen-bond donors (Lipinski definition) is 1. The Morgan fingerprint density at radius 3 is 2.47 bits per heavy atom. The molecule has 2 nitrogen and oxygen atoms in total. The summed E-state index contributed by atoms with van der Waals surface area (Å²) in [5, 5.41) is 3.39. The first kappa shape index (κ1) is 14.5. The standard InChI is InChI=1S/C17H28N2/c1-13-9-14(2)11-16(10-13)17-15(12-18-3)7-5-6-8-19(17)4/h9-11,15,17-18H,5-8,12H2,1-4H3. The summed E-state index contributed by atoms with van der Waals surface area (Å²) >= 11 is 0. The summed E-state index contributed by atoms with van der Waals surface area (Å²) in [5.74, 6) is 0.721. The number of nitrogens with one attached hydrogen (secondary N) is 1. The summed E-state index contributed by atoms with van der Waals surface area (Å²) in [6, 6.07) is 7.59. The second-order valence-electron chi connectivity index (χ2n) is 6.16. The average Bonchev–Trinajstić information content (AvgIpc) is 2.50. The monoisotopic (exact) mass is 260 g/mol. The van der Waals surface area contributed by atoms with Crippen LogP contribution in [-0.4, -0.2) is 32.1 Å². The van der Waals surface area contributed by atoms with Gasteiger partial charge in [0.05, 0.1) is 0 Å². The van der Waals surface area contributed by atoms with Crippen LogP contribution in [-0.2, 0) is 0 Å². The van der Waals surface area contributed by atoms with Gasteiger partial charge >= 0.3 is 0 Å². The Bertz CT molecular complexity index is 393. The average molecular weight is 260 g/mol. The van der Waals surface area contributed by atoms with Crippen molar-refractivity contribution >= 4 is 0 Å². The van der Waals surface area contributed by atoms with E-state index in [0.29, 0.717) is 6.04 Å². The molecule has 1 fully saturated rings. The Morgan fingerprint density at radius 1 is 1.16 bits per heavy atom. The van der Waals surface area contributed by atoms with Crippen LogP contribution >= 0.6 is 0 Å². The third-order valence-corrected chi connectivity index (χ3v) is 4.31. The lowest BCUT2D eigenvalue weighted by molar-refractivity contribution is 0.191. The molecule has 0 amide bonds. The molecule has 106 valence electrons. The van der Waals surface area contributed by atoms with E-state index in [1.54, 1.807) is 0 Å². The minimum atomic E-state index is 0.563. The molecule has 0 bridgehead atoms. The Balaban J connectivity index is 2.33. The van der Waals surface area contributed by atoms with E-state index in [0.717, 1.165) is 12.5 Å². The topological polar surface area (TPSA) is 15.3 Å². The van der Waals surface area contributed by atoms with Gasteiger partial charge in [0.25, 0.3) is 0 Å². The molecule has 0 saturated carbocycles. The second-order valence-corrected chi connectivity index (χ2v) is 6.16. The van der Waals surface area contributed by atoms with Gasteiger partial charge in [0.1, 0.15) is 0 Å². The van der Waals surface area contributed by atoms with Crippen molar-refractivity contribution in [3.8, 4) is 0 Å². The molecule has 0 radical (unpaired) electrons. The quantitative estimate of drug-likeness (QED) is 0.897. The summed E-state index contributed by atoms with van der Waals surface area (Å²) in [4.78, 5) is 2.56. The SMILES string of the molecule is CNCC1CCCCN(C)C1c1cc(C)cc(C)c1. The first-order valence-corrected chi connectivity index (χ1v) is 7.55. The predicted octanol–water partition coefficient (Wildman–Crippen LogP) is 3.30. The van der Waals surface area contributed by atoms with Crippen LogP contribution in [0.4, 0.5) is 0 Å². The number of hydrogen-bond acceptors (Lipinski definition) is 2. The molecule has 2 rings (SSSR count). The predicted molar refractivity (Wildman–Crippen MR) is 82.6 cm³/mol. The largest absolute Gasteiger partial charge is 0.319 e. The lowest BCUT2D eigenvalue weighted by Crippen LogP contribution is -2.34. The lowest BCUT2D eigenvalue weighted by atomic mass is 9.88. The van der Waals surface area contributed by atoms with Crippen LogP contribution in [0.25, 0.3) is 0 Å². The van der Waals surface area contributed by atoms with E-state index < -0.39 is 0 Å². The number of likely N-dealkylation sites (tertiary alicyclic amines) is 1. The van der Waals surface area contributed by atoms with Gasteiger partial charge in [-0.15, -0.1) is 0 Å². The van der Waals surface area contributed by atoms with Crippen LogP contribution < -0.4 is 5.32 Å². The Kier molecular flexibility index (Phi) is 5.00. The molecule has 2 heteroatoms. The molecule has 1 aromatic carbocycles. The molecule has 1 aromatic rings. The number of aryl methyl sites for hydroxylation is 2. The van der Waals surface area contributed by atoms with E-state index in [4.69, 9.17) is 0 Å². The zero-order valence-corrected chi connectivity index (χ0v) is 12.9. The van der Waals surface area contributed by atoms with Crippen molar-refractivity contribution < 1.29 is 0 Å². The summed E-state index contributed by atoms with van der Waals surface area (Å²) in [5.41, 5.74) is 4.27. The van der Waals surface area contributed by atoms with Crippen molar-refractivity contribution in [2.75, 3.05) is 27.2 Å². The number of rotatable bonds is 3. The fourth-order valence-electron chi connectivity index (χ4n) is 3.61. The van der Waals surface area contributed by atoms with E-state index in [9.17, 15) is 0 Å². The zero-order valence-electron chi connectivity index (χ0n) is 12.9. The van der Waals surface area contributed by atoms with E-state index >= 15 is 0 Å². The molecule has 19 heavy (non-hydrogen) atoms. The minimum Gasteiger partial charge on any atom is -0.319 e. The summed E-state index contributed by atoms with van der Waals surface area (Å²) in [6.07, 6.45) is 4.03. The van der Waals surface area contributed by atoms with Gasteiger partial charge in [0.2, 0.25) is 0 Å². The van der Waals surface area contributed by atoms with E-state index in [2.05, 4.69) is 56.4 Å². The third-order valence-electron chi connectivity index (χ3n) is 4.31. The smallest absolute Gasteiger partial charge is 0.0385 e. The zero-order chi connectivity index (χ0) is 13.8. The van der Waals surface area contributed by atoms with Crippen LogP contribution in [0.1, 0.15) is 42.0 Å². The van der Waals surface area contributed by atoms with Gasteiger partial charge in [0.15, 0.2) is 0 Å². The molecule has 1 saturated heterocycles. The van der Waals surface area contributed by atoms with Crippen molar-refractivity contribution in [3.63, 3.8) is 0 Å². The highest BCUT2D eigenvalue weighted by Crippen LogP contribution is 2.34. The summed E-state index contributed by atoms with van der Waals surface area (Å²) < 4.78 is 0. The maximum absolute atomic E-state index is 3.39. The van der Waals surface area contributed by atoms with E-state index in [1.165, 1.54) is 42.5 Å². The van der Waals surface area contributed by atoms with E-state index in [-0.39, 0.29) is 0 Å². The number of benzene rings is 1. The highest BCUT2D eigenvalue weighted by Gasteiger charge is 2.28. The summed E-state index contributed by atoms with van der Waals surface area (Å²) in [7, 11) is 4.36. The molecule has 0 spiro atoms. The third kappa shape index (κ3) is 3.58. The van der Waals surface area contributed by atoms with Crippen molar-refractivity contribution in [1.82, 2.24) is 10.2 Å². The lowest BCUT2D eigenvalue weighted by Gasteiger charge is -2.33. The van der Waals surface area contributed by atoms with Gasteiger partial charge in [-0.3, -0.25) is 4.90 Å². The Morgan fingerprint density at radius 2 is 1.84 bits per heavy atom. The Labute approximate surface area is 118 Å². The van der Waals surface area contributed by atoms with Gasteiger partial charge in [-0.2, -0.15) is 0 Å². The molecule has 1 heterocycles. The van der Waals surface area contributed by atoms with Crippen LogP contribution in [0.2, 0.25) is 0 Å². The van der Waals surface area contributed by atoms with Gasteiger partial charge in [-0.25, -0.2) is 0 Å². The molecule has 2 unspecified atom stereocenters. The van der Waals surface area contributed by atoms with Gasteiger partial charge in [0, 0.05) is 6.04 Å². The first-order valence-electron chi connectivity index (χ1n) is 7.55. The maximum atomic E-state index is 3.39. The minimum absolute atomic E-state index is 0.563. The highest BCUT2D eigenvalue weighted by molar-refractivity contribution is 5.31. The molecule has 1 N–H and O–H groups in total. The highest BCUT2D eigenvalue weighted by atomic mass is 15.1. The molecular formula is C17H28N2. The Hall–Kier alpha value is -0.860. The second kappa shape index (κ2) is 6.53. The first-order chi connectivity index (χ1) is 9.11. The van der Waals surface area contributed by atoms with Crippen LogP contribution in [0.3, 0.4) is 0 Å². The van der Waals surface area contributed by atoms with Crippen molar-refractivity contribution in [2.45, 2.75) is 39.2 Å². The molecule has 1 aliphatic heterocycles. The van der Waals surface area contributed by atoms with Crippen molar-refractivity contribution in [1.29, 1.82) is 0 Å². The van der Waals surface area contributed by atoms with Crippen molar-refractivity contribution in [2.24, 2.45) is 5.92 Å². The molecule has 1 aliphatic rings. The maximum Gasteiger partial charge on any atom is 0.0385 e. The van der Waals surface area contributed by atoms with Crippen molar-refractivity contribution in [3.05, 3.63) is 34.9 Å². The fourth-order valence-corrected chi connectivity index (χ4v) is 3.61. The van der Waals surface area contributed by atoms with Gasteiger partial charge in [-0.05, 0) is 65.4 Å². The van der Waals surface area contributed by atoms with Gasteiger partial charge in [-0.1, -0.05) is 35.7 Å². The van der Waals surface area contributed by atoms with Crippen LogP contribution in [0, 0.1) is 19.8 Å².